The van der Waals surface area contributed by atoms with Crippen LogP contribution in [-0.4, -0.2) is 63.1 Å². The summed E-state index contributed by atoms with van der Waals surface area (Å²) < 4.78 is 7.25. The number of aromatic nitrogens is 2. The molecule has 1 aromatic rings. The number of amides is 1. The Hall–Kier alpha value is -1.64. The average Bonchev–Trinajstić information content (AvgIpc) is 2.97. The topological polar surface area (TPSA) is 99.9 Å². The second-order valence-corrected chi connectivity index (χ2v) is 4.80. The zero-order valence-corrected chi connectivity index (χ0v) is 10.5. The van der Waals surface area contributed by atoms with Crippen LogP contribution in [0.2, 0.25) is 0 Å². The number of hydrogen-bond donors (Lipinski definition) is 3. The minimum Gasteiger partial charge on any atom is -0.394 e. The number of nitrogens with zero attached hydrogens (tertiary/aromatic N) is 3. The van der Waals surface area contributed by atoms with Crippen LogP contribution in [0.4, 0.5) is 5.82 Å². The standard InChI is InChI=1S/C11H16N4O4/c1-14-4-13-10-9(11(14)18)12-5-15(10)8-2-6(17)7(3-16)19-8/h5-8,13,16-17H,2-4H2,1H3/t6-,7+,8+/m0/s1. The second kappa shape index (κ2) is 4.48. The van der Waals surface area contributed by atoms with Crippen LogP contribution in [0.3, 0.4) is 0 Å². The lowest BCUT2D eigenvalue weighted by Gasteiger charge is -2.25. The fourth-order valence-corrected chi connectivity index (χ4v) is 2.41. The summed E-state index contributed by atoms with van der Waals surface area (Å²) in [6.45, 7) is 0.167. The average molecular weight is 268 g/mol. The molecule has 0 radical (unpaired) electrons. The Bertz CT molecular complexity index is 503. The summed E-state index contributed by atoms with van der Waals surface area (Å²) >= 11 is 0. The maximum absolute atomic E-state index is 11.9. The molecule has 8 nitrogen and oxygen atoms in total. The van der Waals surface area contributed by atoms with Crippen molar-refractivity contribution in [2.24, 2.45) is 0 Å². The van der Waals surface area contributed by atoms with Gasteiger partial charge in [0.1, 0.15) is 18.1 Å². The van der Waals surface area contributed by atoms with Gasteiger partial charge in [-0.15, -0.1) is 0 Å². The highest BCUT2D eigenvalue weighted by atomic mass is 16.5. The molecule has 8 heteroatoms. The Morgan fingerprint density at radius 1 is 1.63 bits per heavy atom. The monoisotopic (exact) mass is 268 g/mol. The molecule has 3 heterocycles. The lowest BCUT2D eigenvalue weighted by Crippen LogP contribution is -2.37. The number of carbonyl (C=O) groups is 1. The van der Waals surface area contributed by atoms with Crippen molar-refractivity contribution in [2.45, 2.75) is 24.9 Å². The van der Waals surface area contributed by atoms with Crippen LogP contribution in [0.5, 0.6) is 0 Å². The van der Waals surface area contributed by atoms with Crippen LogP contribution < -0.4 is 5.32 Å². The van der Waals surface area contributed by atoms with E-state index in [0.29, 0.717) is 24.6 Å². The second-order valence-electron chi connectivity index (χ2n) is 4.80. The van der Waals surface area contributed by atoms with E-state index in [4.69, 9.17) is 9.84 Å². The number of fused-ring (bicyclic) bond motifs is 1. The lowest BCUT2D eigenvalue weighted by atomic mass is 10.2. The van der Waals surface area contributed by atoms with Gasteiger partial charge in [0.2, 0.25) is 0 Å². The Morgan fingerprint density at radius 3 is 3.11 bits per heavy atom. The summed E-state index contributed by atoms with van der Waals surface area (Å²) in [7, 11) is 1.69. The van der Waals surface area contributed by atoms with Crippen LogP contribution >= 0.6 is 0 Å². The van der Waals surface area contributed by atoms with E-state index in [1.54, 1.807) is 11.6 Å². The Morgan fingerprint density at radius 2 is 2.42 bits per heavy atom. The number of anilines is 1. The number of rotatable bonds is 2. The smallest absolute Gasteiger partial charge is 0.277 e. The van der Waals surface area contributed by atoms with E-state index in [0.717, 1.165) is 0 Å². The normalized spacial score (nSPS) is 30.4. The zero-order chi connectivity index (χ0) is 13.6. The molecular weight excluding hydrogens is 252 g/mol. The van der Waals surface area contributed by atoms with E-state index in [-0.39, 0.29) is 12.5 Å². The molecule has 2 aliphatic rings. The number of aliphatic hydroxyl groups excluding tert-OH is 2. The first-order valence-corrected chi connectivity index (χ1v) is 6.12. The molecule has 1 amide bonds. The molecule has 0 saturated carbocycles. The van der Waals surface area contributed by atoms with E-state index >= 15 is 0 Å². The number of imidazole rings is 1. The molecule has 0 aliphatic carbocycles. The van der Waals surface area contributed by atoms with E-state index < -0.39 is 18.4 Å². The quantitative estimate of drug-likeness (QED) is 0.635. The Balaban J connectivity index is 1.88. The Labute approximate surface area is 109 Å². The van der Waals surface area contributed by atoms with Gasteiger partial charge < -0.3 is 25.2 Å². The van der Waals surface area contributed by atoms with Gasteiger partial charge in [-0.25, -0.2) is 4.98 Å². The van der Waals surface area contributed by atoms with E-state index in [1.807, 2.05) is 0 Å². The third-order valence-electron chi connectivity index (χ3n) is 3.52. The molecule has 104 valence electrons. The molecular formula is C11H16N4O4. The van der Waals surface area contributed by atoms with Crippen molar-refractivity contribution >= 4 is 11.7 Å². The minimum atomic E-state index is -0.713. The highest BCUT2D eigenvalue weighted by Gasteiger charge is 2.37. The molecule has 19 heavy (non-hydrogen) atoms. The van der Waals surface area contributed by atoms with E-state index in [1.165, 1.54) is 11.2 Å². The number of aliphatic hydroxyl groups is 2. The lowest BCUT2D eigenvalue weighted by molar-refractivity contribution is -0.0438. The molecule has 3 rings (SSSR count). The fraction of sp³-hybridized carbons (Fsp3) is 0.636. The summed E-state index contributed by atoms with van der Waals surface area (Å²) in [5.74, 6) is 0.448. The van der Waals surface area contributed by atoms with Gasteiger partial charge in [0.05, 0.1) is 25.7 Å². The zero-order valence-electron chi connectivity index (χ0n) is 10.5. The van der Waals surface area contributed by atoms with E-state index in [9.17, 15) is 9.90 Å². The summed E-state index contributed by atoms with van der Waals surface area (Å²) in [6, 6.07) is 0. The molecule has 0 spiro atoms. The third kappa shape index (κ3) is 1.88. The van der Waals surface area contributed by atoms with Gasteiger partial charge in [0.15, 0.2) is 5.69 Å². The first-order valence-electron chi connectivity index (χ1n) is 6.12. The van der Waals surface area contributed by atoms with Crippen molar-refractivity contribution in [1.82, 2.24) is 14.5 Å². The fourth-order valence-electron chi connectivity index (χ4n) is 2.41. The van der Waals surface area contributed by atoms with Gasteiger partial charge in [0.25, 0.3) is 5.91 Å². The van der Waals surface area contributed by atoms with Crippen molar-refractivity contribution in [2.75, 3.05) is 25.6 Å². The summed E-state index contributed by atoms with van der Waals surface area (Å²) in [5, 5.41) is 21.9. The van der Waals surface area contributed by atoms with Crippen molar-refractivity contribution in [3.8, 4) is 0 Å². The molecule has 1 fully saturated rings. The largest absolute Gasteiger partial charge is 0.394 e. The summed E-state index contributed by atoms with van der Waals surface area (Å²) in [5.41, 5.74) is 0.347. The number of nitrogens with one attached hydrogen (secondary N) is 1. The predicted octanol–water partition coefficient (Wildman–Crippen LogP) is -1.02. The van der Waals surface area contributed by atoms with Gasteiger partial charge in [-0.1, -0.05) is 0 Å². The number of hydrogen-bond acceptors (Lipinski definition) is 6. The molecule has 0 unspecified atom stereocenters. The molecule has 0 aromatic carbocycles. The van der Waals surface area contributed by atoms with Gasteiger partial charge in [-0.2, -0.15) is 0 Å². The van der Waals surface area contributed by atoms with Crippen LogP contribution in [0, 0.1) is 0 Å². The molecule has 3 atom stereocenters. The first-order chi connectivity index (χ1) is 9.11. The minimum absolute atomic E-state index is 0.148. The van der Waals surface area contributed by atoms with Gasteiger partial charge in [-0.05, 0) is 0 Å². The van der Waals surface area contributed by atoms with Crippen LogP contribution in [0.25, 0.3) is 0 Å². The van der Waals surface area contributed by atoms with E-state index in [2.05, 4.69) is 10.3 Å². The van der Waals surface area contributed by atoms with Gasteiger partial charge in [-0.3, -0.25) is 9.36 Å². The van der Waals surface area contributed by atoms with Gasteiger partial charge in [0, 0.05) is 13.5 Å². The SMILES string of the molecule is CN1CNc2c(ncn2[C@H]2C[C@H](O)[C@@H](CO)O2)C1=O. The van der Waals surface area contributed by atoms with Crippen molar-refractivity contribution < 1.29 is 19.7 Å². The van der Waals surface area contributed by atoms with Crippen molar-refractivity contribution in [3.05, 3.63) is 12.0 Å². The number of carbonyl (C=O) groups excluding carboxylic acids is 1. The third-order valence-corrected chi connectivity index (χ3v) is 3.52. The van der Waals surface area contributed by atoms with Gasteiger partial charge >= 0.3 is 0 Å². The van der Waals surface area contributed by atoms with Crippen LogP contribution in [0.15, 0.2) is 6.33 Å². The van der Waals surface area contributed by atoms with Crippen LogP contribution in [0.1, 0.15) is 23.1 Å². The molecule has 1 aromatic heterocycles. The molecule has 3 N–H and O–H groups in total. The summed E-state index contributed by atoms with van der Waals surface area (Å²) in [6.07, 6.45) is 0.151. The highest BCUT2D eigenvalue weighted by molar-refractivity contribution is 5.98. The first kappa shape index (κ1) is 12.4. The maximum atomic E-state index is 11.9. The highest BCUT2D eigenvalue weighted by Crippen LogP contribution is 2.33. The molecule has 0 bridgehead atoms. The predicted molar refractivity (Wildman–Crippen MR) is 64.4 cm³/mol. The van der Waals surface area contributed by atoms with Crippen LogP contribution in [-0.2, 0) is 4.74 Å². The summed E-state index contributed by atoms with van der Waals surface area (Å²) in [4.78, 5) is 17.5. The molecule has 2 aliphatic heterocycles. The maximum Gasteiger partial charge on any atom is 0.277 e. The van der Waals surface area contributed by atoms with Crippen molar-refractivity contribution in [1.29, 1.82) is 0 Å². The molecule has 1 saturated heterocycles. The number of ether oxygens (including phenoxy) is 1. The Kier molecular flexibility index (Phi) is 2.92. The van der Waals surface area contributed by atoms with Crippen molar-refractivity contribution in [3.63, 3.8) is 0 Å².